The van der Waals surface area contributed by atoms with Crippen LogP contribution in [0, 0.1) is 5.41 Å². The molecule has 1 atom stereocenters. The first-order valence-corrected chi connectivity index (χ1v) is 14.8. The lowest BCUT2D eigenvalue weighted by molar-refractivity contribution is -0.228. The van der Waals surface area contributed by atoms with E-state index in [1.165, 1.54) is 0 Å². The van der Waals surface area contributed by atoms with Crippen molar-refractivity contribution < 1.29 is 22.8 Å². The molecule has 2 aliphatic carbocycles. The topological polar surface area (TPSA) is 86.4 Å². The zero-order valence-corrected chi connectivity index (χ0v) is 24.2. The number of benzene rings is 2. The fourth-order valence-corrected chi connectivity index (χ4v) is 7.24. The Hall–Kier alpha value is -3.76. The molecule has 2 amide bonds. The molecule has 226 valence electrons. The number of hydrogen-bond donors (Lipinski definition) is 3. The molecule has 2 heterocycles. The maximum absolute atomic E-state index is 14.4. The Bertz CT molecular complexity index is 1530. The molecule has 0 radical (unpaired) electrons. The van der Waals surface area contributed by atoms with Crippen LogP contribution in [0.1, 0.15) is 53.5 Å². The van der Waals surface area contributed by atoms with Gasteiger partial charge in [-0.2, -0.15) is 13.2 Å². The smallest absolute Gasteiger partial charge is 0.325 e. The van der Waals surface area contributed by atoms with Gasteiger partial charge in [0.1, 0.15) is 5.82 Å². The Morgan fingerprint density at radius 1 is 1.02 bits per heavy atom. The molecule has 0 unspecified atom stereocenters. The van der Waals surface area contributed by atoms with E-state index in [1.807, 2.05) is 55.6 Å². The number of nitrogens with zero attached hydrogens (tertiary/aromatic N) is 2. The first-order valence-electron chi connectivity index (χ1n) is 14.8. The summed E-state index contributed by atoms with van der Waals surface area (Å²) in [6.07, 6.45) is -0.453. The highest BCUT2D eigenvalue weighted by Gasteiger charge is 2.56. The lowest BCUT2D eigenvalue weighted by Crippen LogP contribution is -2.47. The second-order valence-electron chi connectivity index (χ2n) is 12.3. The minimum Gasteiger partial charge on any atom is -0.325 e. The van der Waals surface area contributed by atoms with Gasteiger partial charge >= 0.3 is 6.18 Å². The highest BCUT2D eigenvalue weighted by molar-refractivity contribution is 6.06. The predicted molar refractivity (Wildman–Crippen MR) is 158 cm³/mol. The summed E-state index contributed by atoms with van der Waals surface area (Å²) >= 11 is 0. The number of amides is 2. The highest BCUT2D eigenvalue weighted by atomic mass is 19.4. The number of carbonyl (C=O) groups is 2. The van der Waals surface area contributed by atoms with Gasteiger partial charge in [-0.05, 0) is 73.2 Å². The van der Waals surface area contributed by atoms with Gasteiger partial charge in [-0.25, -0.2) is 4.98 Å². The number of aromatic nitrogens is 1. The van der Waals surface area contributed by atoms with E-state index in [2.05, 4.69) is 20.9 Å². The minimum atomic E-state index is -4.35. The molecule has 1 aromatic heterocycles. The van der Waals surface area contributed by atoms with E-state index < -0.39 is 17.0 Å². The van der Waals surface area contributed by atoms with Gasteiger partial charge in [-0.1, -0.05) is 49.2 Å². The number of pyridine rings is 1. The van der Waals surface area contributed by atoms with Crippen LogP contribution >= 0.6 is 0 Å². The van der Waals surface area contributed by atoms with Crippen LogP contribution in [0.4, 0.5) is 24.7 Å². The van der Waals surface area contributed by atoms with Crippen molar-refractivity contribution in [3.8, 4) is 0 Å². The van der Waals surface area contributed by atoms with E-state index in [9.17, 15) is 22.8 Å². The predicted octanol–water partition coefficient (Wildman–Crippen LogP) is 5.35. The molecule has 6 rings (SSSR count). The van der Waals surface area contributed by atoms with Crippen molar-refractivity contribution in [1.82, 2.24) is 15.2 Å². The molecule has 43 heavy (non-hydrogen) atoms. The van der Waals surface area contributed by atoms with Crippen molar-refractivity contribution >= 4 is 23.3 Å². The fourth-order valence-electron chi connectivity index (χ4n) is 7.24. The van der Waals surface area contributed by atoms with Gasteiger partial charge in [-0.15, -0.1) is 0 Å². The Balaban J connectivity index is 1.21. The second-order valence-corrected chi connectivity index (χ2v) is 12.3. The molecule has 1 aliphatic heterocycles. The van der Waals surface area contributed by atoms with Crippen LogP contribution < -0.4 is 16.0 Å². The number of alkyl halides is 3. The van der Waals surface area contributed by atoms with E-state index in [0.29, 0.717) is 43.7 Å². The van der Waals surface area contributed by atoms with Crippen LogP contribution in [0.3, 0.4) is 0 Å². The summed E-state index contributed by atoms with van der Waals surface area (Å²) in [5, 5.41) is 8.94. The standard InChI is InChI=1S/C33H36F3N5O2/c1-37-18-23-7-2-3-8-24(23)19-41(21-31(33(34,35)36)12-4-5-13-31)20-28(42)39-26-11-10-22-16-32(17-25(22)15-26)27-9-6-14-38-29(27)40-30(32)43/h2-3,6-11,14-15,37H,4-5,12-13,16-21H2,1H3,(H,39,42)(H,38,40,43)/t32-/m1/s1. The number of halogens is 3. The van der Waals surface area contributed by atoms with Crippen molar-refractivity contribution in [2.24, 2.45) is 5.41 Å². The van der Waals surface area contributed by atoms with E-state index in [1.54, 1.807) is 17.2 Å². The third kappa shape index (κ3) is 5.54. The van der Waals surface area contributed by atoms with Crippen molar-refractivity contribution in [2.75, 3.05) is 30.8 Å². The van der Waals surface area contributed by atoms with Crippen LogP contribution in [-0.2, 0) is 40.9 Å². The molecule has 2 aromatic carbocycles. The summed E-state index contributed by atoms with van der Waals surface area (Å²) in [5.74, 6) is 0.133. The Morgan fingerprint density at radius 2 is 1.77 bits per heavy atom. The van der Waals surface area contributed by atoms with Crippen molar-refractivity contribution in [3.63, 3.8) is 0 Å². The number of rotatable bonds is 9. The monoisotopic (exact) mass is 591 g/mol. The second kappa shape index (κ2) is 11.4. The molecule has 0 saturated heterocycles. The molecule has 7 nitrogen and oxygen atoms in total. The maximum Gasteiger partial charge on any atom is 0.395 e. The Labute approximate surface area is 249 Å². The molecule has 0 bridgehead atoms. The zero-order chi connectivity index (χ0) is 30.2. The van der Waals surface area contributed by atoms with Crippen molar-refractivity contribution in [1.29, 1.82) is 0 Å². The average Bonchev–Trinajstić information content (AvgIpc) is 3.66. The molecule has 3 N–H and O–H groups in total. The number of hydrogen-bond acceptors (Lipinski definition) is 5. The lowest BCUT2D eigenvalue weighted by atomic mass is 9.79. The first-order chi connectivity index (χ1) is 20.6. The molecular weight excluding hydrogens is 555 g/mol. The van der Waals surface area contributed by atoms with E-state index in [4.69, 9.17) is 0 Å². The van der Waals surface area contributed by atoms with Gasteiger partial charge in [0.05, 0.1) is 17.4 Å². The summed E-state index contributed by atoms with van der Waals surface area (Å²) in [6, 6.07) is 17.0. The summed E-state index contributed by atoms with van der Waals surface area (Å²) in [6.45, 7) is 0.412. The number of fused-ring (bicyclic) bond motifs is 3. The fraction of sp³-hybridized carbons (Fsp3) is 0.424. The lowest BCUT2D eigenvalue weighted by Gasteiger charge is -2.37. The zero-order valence-electron chi connectivity index (χ0n) is 24.2. The largest absolute Gasteiger partial charge is 0.395 e. The molecule has 3 aromatic rings. The summed E-state index contributed by atoms with van der Waals surface area (Å²) in [5.41, 5.74) is 2.77. The maximum atomic E-state index is 14.4. The molecular formula is C33H36F3N5O2. The molecule has 3 aliphatic rings. The summed E-state index contributed by atoms with van der Waals surface area (Å²) in [7, 11) is 1.83. The van der Waals surface area contributed by atoms with E-state index >= 15 is 0 Å². The number of anilines is 2. The summed E-state index contributed by atoms with van der Waals surface area (Å²) in [4.78, 5) is 32.4. The van der Waals surface area contributed by atoms with Crippen molar-refractivity contribution in [2.45, 2.75) is 63.2 Å². The third-order valence-electron chi connectivity index (χ3n) is 9.40. The van der Waals surface area contributed by atoms with Crippen molar-refractivity contribution in [3.05, 3.63) is 88.6 Å². The normalized spacial score (nSPS) is 20.3. The van der Waals surface area contributed by atoms with Gasteiger partial charge in [0, 0.05) is 37.1 Å². The van der Waals surface area contributed by atoms with Crippen LogP contribution in [0.25, 0.3) is 0 Å². The minimum absolute atomic E-state index is 0.0750. The van der Waals surface area contributed by atoms with Gasteiger partial charge in [-0.3, -0.25) is 14.5 Å². The molecule has 1 saturated carbocycles. The van der Waals surface area contributed by atoms with Gasteiger partial charge in [0.2, 0.25) is 11.8 Å². The van der Waals surface area contributed by atoms with Gasteiger partial charge < -0.3 is 16.0 Å². The molecule has 1 spiro atoms. The van der Waals surface area contributed by atoms with Gasteiger partial charge in [0.15, 0.2) is 0 Å². The summed E-state index contributed by atoms with van der Waals surface area (Å²) < 4.78 is 43.2. The molecule has 1 fully saturated rings. The van der Waals surface area contributed by atoms with Crippen LogP contribution in [-0.4, -0.2) is 48.0 Å². The Morgan fingerprint density at radius 3 is 2.51 bits per heavy atom. The van der Waals surface area contributed by atoms with Crippen LogP contribution in [0.5, 0.6) is 0 Å². The quantitative estimate of drug-likeness (QED) is 0.312. The van der Waals surface area contributed by atoms with Gasteiger partial charge in [0.25, 0.3) is 0 Å². The van der Waals surface area contributed by atoms with E-state index in [-0.39, 0.29) is 44.3 Å². The average molecular weight is 592 g/mol. The number of carbonyl (C=O) groups excluding carboxylic acids is 2. The number of nitrogens with one attached hydrogen (secondary N) is 3. The first kappa shape index (κ1) is 29.3. The van der Waals surface area contributed by atoms with Crippen LogP contribution in [0.15, 0.2) is 60.8 Å². The van der Waals surface area contributed by atoms with E-state index in [0.717, 1.165) is 27.8 Å². The molecule has 10 heteroatoms. The SMILES string of the molecule is CNCc1ccccc1CN(CC(=O)Nc1ccc2c(c1)C[C@@]1(C2)C(=O)Nc2ncccc21)CC1(C(F)(F)F)CCCC1. The Kier molecular flexibility index (Phi) is 7.76. The highest BCUT2D eigenvalue weighted by Crippen LogP contribution is 2.51. The third-order valence-corrected chi connectivity index (χ3v) is 9.40. The van der Waals surface area contributed by atoms with Crippen LogP contribution in [0.2, 0.25) is 0 Å².